The van der Waals surface area contributed by atoms with E-state index in [0.29, 0.717) is 10.2 Å². The predicted octanol–water partition coefficient (Wildman–Crippen LogP) is 3.21. The molecule has 0 spiro atoms. The average molecular weight is 322 g/mol. The van der Waals surface area contributed by atoms with Gasteiger partial charge in [0.15, 0.2) is 5.69 Å². The van der Waals surface area contributed by atoms with Gasteiger partial charge in [0, 0.05) is 12.3 Å². The molecule has 0 unspecified atom stereocenters. The van der Waals surface area contributed by atoms with Crippen molar-refractivity contribution in [3.05, 3.63) is 58.3 Å². The molecule has 0 aliphatic heterocycles. The first-order valence-electron chi connectivity index (χ1n) is 5.61. The molecule has 0 fully saturated rings. The number of esters is 1. The van der Waals surface area contributed by atoms with Crippen LogP contribution in [0.15, 0.2) is 47.1 Å². The maximum absolute atomic E-state index is 11.8. The van der Waals surface area contributed by atoms with Gasteiger partial charge in [-0.2, -0.15) is 0 Å². The van der Waals surface area contributed by atoms with E-state index in [1.54, 1.807) is 0 Å². The van der Waals surface area contributed by atoms with Crippen LogP contribution in [-0.4, -0.2) is 18.1 Å². The van der Waals surface area contributed by atoms with Crippen molar-refractivity contribution in [3.63, 3.8) is 0 Å². The molecular weight excluding hydrogens is 310 g/mol. The van der Waals surface area contributed by atoms with E-state index in [4.69, 9.17) is 9.47 Å². The van der Waals surface area contributed by atoms with Gasteiger partial charge in [-0.25, -0.2) is 9.78 Å². The van der Waals surface area contributed by atoms with Crippen LogP contribution in [0.1, 0.15) is 16.1 Å². The van der Waals surface area contributed by atoms with Gasteiger partial charge in [-0.05, 0) is 21.5 Å². The van der Waals surface area contributed by atoms with Gasteiger partial charge < -0.3 is 9.47 Å². The third-order valence-electron chi connectivity index (χ3n) is 2.46. The highest BCUT2D eigenvalue weighted by molar-refractivity contribution is 9.10. The van der Waals surface area contributed by atoms with Crippen molar-refractivity contribution < 1.29 is 14.3 Å². The molecule has 0 N–H and O–H groups in total. The number of hydrogen-bond acceptors (Lipinski definition) is 4. The van der Waals surface area contributed by atoms with E-state index in [9.17, 15) is 4.79 Å². The van der Waals surface area contributed by atoms with Gasteiger partial charge in [-0.1, -0.05) is 30.3 Å². The molecule has 2 rings (SSSR count). The molecule has 1 aromatic heterocycles. The molecular formula is C14H12BrNO3. The molecule has 0 saturated carbocycles. The second-order valence-electron chi connectivity index (χ2n) is 3.77. The summed E-state index contributed by atoms with van der Waals surface area (Å²) in [5, 5.41) is 0. The van der Waals surface area contributed by atoms with Crippen LogP contribution < -0.4 is 4.74 Å². The third-order valence-corrected chi connectivity index (χ3v) is 3.06. The predicted molar refractivity (Wildman–Crippen MR) is 74.1 cm³/mol. The largest absolute Gasteiger partial charge is 0.495 e. The standard InChI is InChI=1S/C14H12BrNO3/c1-18-13-7-12(16-8-11(13)15)14(17)19-9-10-5-3-2-4-6-10/h2-8H,9H2,1H3. The summed E-state index contributed by atoms with van der Waals surface area (Å²) in [4.78, 5) is 15.8. The van der Waals surface area contributed by atoms with E-state index >= 15 is 0 Å². The minimum Gasteiger partial charge on any atom is -0.495 e. The highest BCUT2D eigenvalue weighted by atomic mass is 79.9. The molecule has 4 nitrogen and oxygen atoms in total. The topological polar surface area (TPSA) is 48.4 Å². The quantitative estimate of drug-likeness (QED) is 0.811. The molecule has 0 bridgehead atoms. The highest BCUT2D eigenvalue weighted by Gasteiger charge is 2.12. The fraction of sp³-hybridized carbons (Fsp3) is 0.143. The lowest BCUT2D eigenvalue weighted by Gasteiger charge is -2.06. The molecule has 0 aliphatic carbocycles. The minimum absolute atomic E-state index is 0.219. The fourth-order valence-corrected chi connectivity index (χ4v) is 1.86. The van der Waals surface area contributed by atoms with Gasteiger partial charge in [0.1, 0.15) is 12.4 Å². The lowest BCUT2D eigenvalue weighted by atomic mass is 10.2. The summed E-state index contributed by atoms with van der Waals surface area (Å²) < 4.78 is 11.0. The molecule has 1 aromatic carbocycles. The van der Waals surface area contributed by atoms with Crippen molar-refractivity contribution >= 4 is 21.9 Å². The molecule has 5 heteroatoms. The summed E-state index contributed by atoms with van der Waals surface area (Å²) in [7, 11) is 1.53. The number of pyridine rings is 1. The van der Waals surface area contributed by atoms with E-state index in [0.717, 1.165) is 5.56 Å². The van der Waals surface area contributed by atoms with Gasteiger partial charge in [-0.15, -0.1) is 0 Å². The maximum Gasteiger partial charge on any atom is 0.357 e. The summed E-state index contributed by atoms with van der Waals surface area (Å²) >= 11 is 3.28. The Balaban J connectivity index is 2.04. The van der Waals surface area contributed by atoms with E-state index in [1.807, 2.05) is 30.3 Å². The summed E-state index contributed by atoms with van der Waals surface area (Å²) in [6.07, 6.45) is 1.51. The van der Waals surface area contributed by atoms with Crippen molar-refractivity contribution in [2.24, 2.45) is 0 Å². The Bertz CT molecular complexity index is 572. The number of aromatic nitrogens is 1. The minimum atomic E-state index is -0.477. The molecule has 0 amide bonds. The Kier molecular flexibility index (Phi) is 4.52. The number of benzene rings is 1. The first-order chi connectivity index (χ1) is 9.20. The Morgan fingerprint density at radius 2 is 2.05 bits per heavy atom. The van der Waals surface area contributed by atoms with Crippen LogP contribution in [0.3, 0.4) is 0 Å². The van der Waals surface area contributed by atoms with Crippen molar-refractivity contribution in [2.45, 2.75) is 6.61 Å². The number of rotatable bonds is 4. The van der Waals surface area contributed by atoms with Crippen LogP contribution in [0.4, 0.5) is 0 Å². The lowest BCUT2D eigenvalue weighted by molar-refractivity contribution is 0.0465. The summed E-state index contributed by atoms with van der Waals surface area (Å²) in [5.41, 5.74) is 1.15. The molecule has 1 heterocycles. The van der Waals surface area contributed by atoms with Crippen molar-refractivity contribution in [1.29, 1.82) is 0 Å². The number of nitrogens with zero attached hydrogens (tertiary/aromatic N) is 1. The number of hydrogen-bond donors (Lipinski definition) is 0. The second kappa shape index (κ2) is 6.33. The van der Waals surface area contributed by atoms with Gasteiger partial charge in [0.25, 0.3) is 0 Å². The smallest absolute Gasteiger partial charge is 0.357 e. The van der Waals surface area contributed by atoms with Gasteiger partial charge in [0.05, 0.1) is 11.6 Å². The van der Waals surface area contributed by atoms with E-state index in [-0.39, 0.29) is 12.3 Å². The molecule has 19 heavy (non-hydrogen) atoms. The Morgan fingerprint density at radius 1 is 1.32 bits per heavy atom. The monoisotopic (exact) mass is 321 g/mol. The Morgan fingerprint density at radius 3 is 2.74 bits per heavy atom. The maximum atomic E-state index is 11.8. The molecule has 98 valence electrons. The number of carbonyl (C=O) groups is 1. The lowest BCUT2D eigenvalue weighted by Crippen LogP contribution is -2.07. The number of methoxy groups -OCH3 is 1. The van der Waals surface area contributed by atoms with Crippen LogP contribution in [0.2, 0.25) is 0 Å². The summed E-state index contributed by atoms with van der Waals surface area (Å²) in [6, 6.07) is 11.0. The number of ether oxygens (including phenoxy) is 2. The SMILES string of the molecule is COc1cc(C(=O)OCc2ccccc2)ncc1Br. The molecule has 2 aromatic rings. The zero-order valence-corrected chi connectivity index (χ0v) is 11.9. The van der Waals surface area contributed by atoms with Crippen LogP contribution in [0.5, 0.6) is 5.75 Å². The van der Waals surface area contributed by atoms with Crippen LogP contribution in [-0.2, 0) is 11.3 Å². The zero-order chi connectivity index (χ0) is 13.7. The zero-order valence-electron chi connectivity index (χ0n) is 10.3. The number of halogens is 1. The van der Waals surface area contributed by atoms with E-state index in [2.05, 4.69) is 20.9 Å². The van der Waals surface area contributed by atoms with Crippen LogP contribution in [0, 0.1) is 0 Å². The van der Waals surface area contributed by atoms with Crippen molar-refractivity contribution in [3.8, 4) is 5.75 Å². The van der Waals surface area contributed by atoms with Crippen LogP contribution in [0.25, 0.3) is 0 Å². The number of carbonyl (C=O) groups excluding carboxylic acids is 1. The highest BCUT2D eigenvalue weighted by Crippen LogP contribution is 2.24. The molecule has 0 aliphatic rings. The third kappa shape index (κ3) is 3.54. The Hall–Kier alpha value is -1.88. The summed E-state index contributed by atoms with van der Waals surface area (Å²) in [5.74, 6) is 0.0660. The second-order valence-corrected chi connectivity index (χ2v) is 4.62. The first-order valence-corrected chi connectivity index (χ1v) is 6.40. The normalized spacial score (nSPS) is 10.0. The van der Waals surface area contributed by atoms with Gasteiger partial charge in [0.2, 0.25) is 0 Å². The first kappa shape index (κ1) is 13.5. The summed E-state index contributed by atoms with van der Waals surface area (Å²) in [6.45, 7) is 0.222. The Labute approximate surface area is 119 Å². The van der Waals surface area contributed by atoms with E-state index < -0.39 is 5.97 Å². The van der Waals surface area contributed by atoms with Crippen LogP contribution >= 0.6 is 15.9 Å². The molecule has 0 saturated heterocycles. The van der Waals surface area contributed by atoms with Crippen molar-refractivity contribution in [1.82, 2.24) is 4.98 Å². The van der Waals surface area contributed by atoms with E-state index in [1.165, 1.54) is 19.4 Å². The molecule has 0 atom stereocenters. The van der Waals surface area contributed by atoms with Crippen molar-refractivity contribution in [2.75, 3.05) is 7.11 Å². The molecule has 0 radical (unpaired) electrons. The fourth-order valence-electron chi connectivity index (χ4n) is 1.49. The van der Waals surface area contributed by atoms with Gasteiger partial charge >= 0.3 is 5.97 Å². The van der Waals surface area contributed by atoms with Gasteiger partial charge in [-0.3, -0.25) is 0 Å². The average Bonchev–Trinajstić information content (AvgIpc) is 2.46.